The first-order valence-electron chi connectivity index (χ1n) is 5.78. The third-order valence-electron chi connectivity index (χ3n) is 3.00. The summed E-state index contributed by atoms with van der Waals surface area (Å²) in [5.74, 6) is 0. The molecule has 1 aliphatic heterocycles. The number of halogens is 1. The summed E-state index contributed by atoms with van der Waals surface area (Å²) in [6, 6.07) is 8.31. The van der Waals surface area contributed by atoms with E-state index >= 15 is 0 Å². The summed E-state index contributed by atoms with van der Waals surface area (Å²) in [6.07, 6.45) is 2.44. The molecule has 2 aromatic rings. The minimum atomic E-state index is 0.452. The molecular weight excluding hydrogens is 252 g/mol. The maximum Gasteiger partial charge on any atom is 0.110 e. The molecule has 1 unspecified atom stereocenters. The van der Waals surface area contributed by atoms with Crippen LogP contribution in [-0.4, -0.2) is 11.5 Å². The molecule has 1 saturated heterocycles. The van der Waals surface area contributed by atoms with Crippen molar-refractivity contribution in [2.45, 2.75) is 18.9 Å². The van der Waals surface area contributed by atoms with Gasteiger partial charge in [0, 0.05) is 16.0 Å². The maximum atomic E-state index is 5.99. The number of aromatic nitrogens is 1. The number of hydrogen-bond donors (Lipinski definition) is 1. The Morgan fingerprint density at radius 3 is 3.12 bits per heavy atom. The van der Waals surface area contributed by atoms with Crippen LogP contribution in [0.1, 0.15) is 23.9 Å². The number of hydrogen-bond acceptors (Lipinski definition) is 3. The van der Waals surface area contributed by atoms with Crippen LogP contribution in [0.3, 0.4) is 0 Å². The third kappa shape index (κ3) is 2.37. The average molecular weight is 265 g/mol. The van der Waals surface area contributed by atoms with Gasteiger partial charge in [0.25, 0.3) is 0 Å². The highest BCUT2D eigenvalue weighted by Crippen LogP contribution is 2.30. The van der Waals surface area contributed by atoms with Gasteiger partial charge in [-0.1, -0.05) is 23.7 Å². The number of nitrogens with zero attached hydrogens (tertiary/aromatic N) is 1. The van der Waals surface area contributed by atoms with Crippen molar-refractivity contribution in [3.63, 3.8) is 0 Å². The molecule has 88 valence electrons. The van der Waals surface area contributed by atoms with Crippen molar-refractivity contribution in [3.05, 3.63) is 39.7 Å². The van der Waals surface area contributed by atoms with Crippen molar-refractivity contribution in [3.8, 4) is 11.3 Å². The van der Waals surface area contributed by atoms with Gasteiger partial charge in [0.15, 0.2) is 0 Å². The summed E-state index contributed by atoms with van der Waals surface area (Å²) in [4.78, 5) is 4.70. The Morgan fingerprint density at radius 2 is 2.35 bits per heavy atom. The van der Waals surface area contributed by atoms with Crippen LogP contribution in [0.15, 0.2) is 29.6 Å². The van der Waals surface area contributed by atoms with Crippen LogP contribution in [0, 0.1) is 0 Å². The number of rotatable bonds is 2. The lowest BCUT2D eigenvalue weighted by Gasteiger charge is -2.04. The molecule has 3 rings (SSSR count). The molecule has 2 nitrogen and oxygen atoms in total. The molecule has 0 amide bonds. The van der Waals surface area contributed by atoms with Gasteiger partial charge in [0.2, 0.25) is 0 Å². The molecule has 2 heterocycles. The fourth-order valence-corrected chi connectivity index (χ4v) is 3.25. The fourth-order valence-electron chi connectivity index (χ4n) is 2.12. The van der Waals surface area contributed by atoms with Crippen LogP contribution < -0.4 is 5.32 Å². The van der Waals surface area contributed by atoms with E-state index in [1.807, 2.05) is 24.3 Å². The van der Waals surface area contributed by atoms with Crippen molar-refractivity contribution in [2.75, 3.05) is 6.54 Å². The predicted octanol–water partition coefficient (Wildman–Crippen LogP) is 3.89. The number of benzene rings is 1. The Kier molecular flexibility index (Phi) is 3.14. The van der Waals surface area contributed by atoms with Crippen molar-refractivity contribution in [1.29, 1.82) is 0 Å². The highest BCUT2D eigenvalue weighted by Gasteiger charge is 2.19. The Labute approximate surface area is 110 Å². The van der Waals surface area contributed by atoms with Crippen molar-refractivity contribution in [2.24, 2.45) is 0 Å². The quantitative estimate of drug-likeness (QED) is 0.890. The predicted molar refractivity (Wildman–Crippen MR) is 72.5 cm³/mol. The van der Waals surface area contributed by atoms with Gasteiger partial charge in [-0.3, -0.25) is 0 Å². The van der Waals surface area contributed by atoms with Gasteiger partial charge in [-0.2, -0.15) is 0 Å². The second-order valence-corrected chi connectivity index (χ2v) is 5.56. The molecule has 0 aliphatic carbocycles. The highest BCUT2D eigenvalue weighted by atomic mass is 35.5. The molecule has 1 N–H and O–H groups in total. The molecule has 1 aromatic carbocycles. The molecule has 1 aromatic heterocycles. The van der Waals surface area contributed by atoms with E-state index < -0.39 is 0 Å². The van der Waals surface area contributed by atoms with Gasteiger partial charge < -0.3 is 5.32 Å². The van der Waals surface area contributed by atoms with Gasteiger partial charge in [-0.05, 0) is 31.5 Å². The Hall–Kier alpha value is -0.900. The lowest BCUT2D eigenvalue weighted by molar-refractivity contribution is 0.643. The van der Waals surface area contributed by atoms with Crippen LogP contribution in [0.2, 0.25) is 5.02 Å². The van der Waals surface area contributed by atoms with Gasteiger partial charge in [0.1, 0.15) is 5.01 Å². The molecule has 0 bridgehead atoms. The lowest BCUT2D eigenvalue weighted by Crippen LogP contribution is -2.12. The molecule has 0 radical (unpaired) electrons. The summed E-state index contributed by atoms with van der Waals surface area (Å²) in [6.45, 7) is 1.11. The van der Waals surface area contributed by atoms with E-state index in [0.29, 0.717) is 6.04 Å². The molecule has 0 saturated carbocycles. The normalized spacial score (nSPS) is 19.7. The van der Waals surface area contributed by atoms with E-state index in [-0.39, 0.29) is 0 Å². The van der Waals surface area contributed by atoms with Crippen LogP contribution in [-0.2, 0) is 0 Å². The van der Waals surface area contributed by atoms with Crippen LogP contribution in [0.25, 0.3) is 11.3 Å². The van der Waals surface area contributed by atoms with Crippen LogP contribution >= 0.6 is 22.9 Å². The second kappa shape index (κ2) is 4.77. The minimum absolute atomic E-state index is 0.452. The van der Waals surface area contributed by atoms with Crippen molar-refractivity contribution in [1.82, 2.24) is 10.3 Å². The fraction of sp³-hybridized carbons (Fsp3) is 0.308. The van der Waals surface area contributed by atoms with Crippen LogP contribution in [0.4, 0.5) is 0 Å². The van der Waals surface area contributed by atoms with Crippen molar-refractivity contribution >= 4 is 22.9 Å². The topological polar surface area (TPSA) is 24.9 Å². The molecule has 4 heteroatoms. The Bertz CT molecular complexity index is 518. The Balaban J connectivity index is 1.89. The summed E-state index contributed by atoms with van der Waals surface area (Å²) in [7, 11) is 0. The van der Waals surface area contributed by atoms with E-state index in [0.717, 1.165) is 22.8 Å². The summed E-state index contributed by atoms with van der Waals surface area (Å²) in [5.41, 5.74) is 2.12. The van der Waals surface area contributed by atoms with E-state index in [2.05, 4.69) is 10.7 Å². The zero-order chi connectivity index (χ0) is 11.7. The monoisotopic (exact) mass is 264 g/mol. The highest BCUT2D eigenvalue weighted by molar-refractivity contribution is 7.10. The molecule has 1 fully saturated rings. The zero-order valence-electron chi connectivity index (χ0n) is 9.32. The standard InChI is InChI=1S/C13H13ClN2S/c14-10-4-1-3-9(7-10)12-8-17-13(16-12)11-5-2-6-15-11/h1,3-4,7-8,11,15H,2,5-6H2. The van der Waals surface area contributed by atoms with Crippen molar-refractivity contribution < 1.29 is 0 Å². The second-order valence-electron chi connectivity index (χ2n) is 4.23. The van der Waals surface area contributed by atoms with Gasteiger partial charge in [-0.15, -0.1) is 11.3 Å². The van der Waals surface area contributed by atoms with Gasteiger partial charge in [-0.25, -0.2) is 4.98 Å². The molecule has 0 spiro atoms. The summed E-state index contributed by atoms with van der Waals surface area (Å²) < 4.78 is 0. The summed E-state index contributed by atoms with van der Waals surface area (Å²) in [5, 5.41) is 7.54. The van der Waals surface area contributed by atoms with Gasteiger partial charge >= 0.3 is 0 Å². The SMILES string of the molecule is Clc1cccc(-c2csc(C3CCCN3)n2)c1. The number of thiazole rings is 1. The third-order valence-corrected chi connectivity index (χ3v) is 4.19. The summed E-state index contributed by atoms with van der Waals surface area (Å²) >= 11 is 7.72. The molecule has 1 aliphatic rings. The van der Waals surface area contributed by atoms with E-state index in [1.54, 1.807) is 11.3 Å². The largest absolute Gasteiger partial charge is 0.308 e. The van der Waals surface area contributed by atoms with E-state index in [1.165, 1.54) is 17.8 Å². The molecule has 17 heavy (non-hydrogen) atoms. The van der Waals surface area contributed by atoms with Crippen LogP contribution in [0.5, 0.6) is 0 Å². The first kappa shape index (κ1) is 11.2. The molecular formula is C13H13ClN2S. The average Bonchev–Trinajstić information content (AvgIpc) is 3.00. The lowest BCUT2D eigenvalue weighted by atomic mass is 10.2. The van der Waals surface area contributed by atoms with Gasteiger partial charge in [0.05, 0.1) is 11.7 Å². The number of nitrogens with one attached hydrogen (secondary N) is 1. The Morgan fingerprint density at radius 1 is 1.41 bits per heavy atom. The minimum Gasteiger partial charge on any atom is -0.308 e. The zero-order valence-corrected chi connectivity index (χ0v) is 10.9. The first-order valence-corrected chi connectivity index (χ1v) is 7.03. The maximum absolute atomic E-state index is 5.99. The smallest absolute Gasteiger partial charge is 0.110 e. The van der Waals surface area contributed by atoms with E-state index in [4.69, 9.17) is 16.6 Å². The first-order chi connectivity index (χ1) is 8.33. The molecule has 1 atom stereocenters. The van der Waals surface area contributed by atoms with E-state index in [9.17, 15) is 0 Å².